The molecule has 0 saturated carbocycles. The molecule has 0 heterocycles. The molecule has 6 nitrogen and oxygen atoms in total. The number of rotatable bonds is 10. The third-order valence-electron chi connectivity index (χ3n) is 3.18. The molecule has 128 valence electrons. The second kappa shape index (κ2) is 10.6. The summed E-state index contributed by atoms with van der Waals surface area (Å²) in [6, 6.07) is 7.59. The van der Waals surface area contributed by atoms with E-state index in [1.807, 2.05) is 29.2 Å². The Morgan fingerprint density at radius 1 is 1.04 bits per heavy atom. The summed E-state index contributed by atoms with van der Waals surface area (Å²) in [4.78, 5) is 25.2. The van der Waals surface area contributed by atoms with Crippen molar-refractivity contribution in [1.82, 2.24) is 4.90 Å². The van der Waals surface area contributed by atoms with Crippen LogP contribution in [0.3, 0.4) is 0 Å². The van der Waals surface area contributed by atoms with Crippen molar-refractivity contribution >= 4 is 11.9 Å². The maximum atomic E-state index is 11.8. The number of para-hydroxylation sites is 1. The van der Waals surface area contributed by atoms with Gasteiger partial charge >= 0.3 is 11.9 Å². The van der Waals surface area contributed by atoms with Crippen molar-refractivity contribution < 1.29 is 23.8 Å². The van der Waals surface area contributed by atoms with Crippen molar-refractivity contribution in [2.45, 2.75) is 26.8 Å². The molecule has 0 atom stereocenters. The first-order valence-corrected chi connectivity index (χ1v) is 7.76. The minimum Gasteiger partial charge on any atom is -0.496 e. The summed E-state index contributed by atoms with van der Waals surface area (Å²) in [7, 11) is 1.60. The number of carbonyl (C=O) groups is 2. The number of esters is 2. The third kappa shape index (κ3) is 7.15. The zero-order chi connectivity index (χ0) is 17.1. The first-order chi connectivity index (χ1) is 11.1. The van der Waals surface area contributed by atoms with E-state index in [0.29, 0.717) is 26.3 Å². The average molecular weight is 323 g/mol. The Kier molecular flexibility index (Phi) is 8.75. The van der Waals surface area contributed by atoms with Crippen LogP contribution in [0, 0.1) is 0 Å². The highest BCUT2D eigenvalue weighted by Crippen LogP contribution is 2.19. The van der Waals surface area contributed by atoms with Gasteiger partial charge in [-0.2, -0.15) is 0 Å². The van der Waals surface area contributed by atoms with Gasteiger partial charge in [-0.15, -0.1) is 0 Å². The molecule has 0 radical (unpaired) electrons. The van der Waals surface area contributed by atoms with Crippen LogP contribution in [0.15, 0.2) is 24.3 Å². The fourth-order valence-corrected chi connectivity index (χ4v) is 2.16. The van der Waals surface area contributed by atoms with Crippen LogP contribution in [0.25, 0.3) is 0 Å². The van der Waals surface area contributed by atoms with Crippen molar-refractivity contribution in [2.24, 2.45) is 0 Å². The second-order valence-corrected chi connectivity index (χ2v) is 4.88. The van der Waals surface area contributed by atoms with Crippen molar-refractivity contribution in [3.05, 3.63) is 29.8 Å². The zero-order valence-corrected chi connectivity index (χ0v) is 14.0. The maximum absolute atomic E-state index is 11.8. The van der Waals surface area contributed by atoms with Crippen LogP contribution in [0.2, 0.25) is 0 Å². The lowest BCUT2D eigenvalue weighted by Crippen LogP contribution is -2.33. The van der Waals surface area contributed by atoms with Crippen LogP contribution >= 0.6 is 0 Å². The van der Waals surface area contributed by atoms with Crippen molar-refractivity contribution in [2.75, 3.05) is 33.4 Å². The highest BCUT2D eigenvalue weighted by atomic mass is 16.5. The predicted octanol–water partition coefficient (Wildman–Crippen LogP) is 2.01. The number of ether oxygens (including phenoxy) is 3. The highest BCUT2D eigenvalue weighted by molar-refractivity contribution is 5.72. The normalized spacial score (nSPS) is 10.4. The number of benzene rings is 1. The largest absolute Gasteiger partial charge is 0.496 e. The van der Waals surface area contributed by atoms with Crippen LogP contribution in [0.5, 0.6) is 5.75 Å². The SMILES string of the molecule is CCOC(=O)CCN(CC(=O)OCC)Cc1ccccc1OC. The molecule has 0 saturated heterocycles. The van der Waals surface area contributed by atoms with Gasteiger partial charge in [-0.25, -0.2) is 0 Å². The number of hydrogen-bond acceptors (Lipinski definition) is 6. The molecule has 0 aliphatic carbocycles. The molecule has 0 bridgehead atoms. The molecule has 23 heavy (non-hydrogen) atoms. The predicted molar refractivity (Wildman–Crippen MR) is 86.2 cm³/mol. The molecule has 0 unspecified atom stereocenters. The second-order valence-electron chi connectivity index (χ2n) is 4.88. The summed E-state index contributed by atoms with van der Waals surface area (Å²) in [5, 5.41) is 0. The Morgan fingerprint density at radius 3 is 2.35 bits per heavy atom. The molecule has 1 rings (SSSR count). The molecule has 0 aliphatic heterocycles. The summed E-state index contributed by atoms with van der Waals surface area (Å²) < 4.78 is 15.3. The monoisotopic (exact) mass is 323 g/mol. The van der Waals surface area contributed by atoms with E-state index < -0.39 is 0 Å². The van der Waals surface area contributed by atoms with E-state index in [1.54, 1.807) is 21.0 Å². The molecule has 1 aromatic rings. The minimum atomic E-state index is -0.314. The quantitative estimate of drug-likeness (QED) is 0.614. The molecule has 0 amide bonds. The van der Waals surface area contributed by atoms with Gasteiger partial charge in [0.05, 0.1) is 33.3 Å². The van der Waals surface area contributed by atoms with Crippen LogP contribution in [-0.4, -0.2) is 50.3 Å². The Balaban J connectivity index is 2.73. The zero-order valence-electron chi connectivity index (χ0n) is 14.0. The van der Waals surface area contributed by atoms with E-state index in [4.69, 9.17) is 14.2 Å². The van der Waals surface area contributed by atoms with Crippen molar-refractivity contribution in [3.8, 4) is 5.75 Å². The van der Waals surface area contributed by atoms with Gasteiger partial charge in [-0.1, -0.05) is 18.2 Å². The topological polar surface area (TPSA) is 65.1 Å². The Labute approximate surface area is 137 Å². The van der Waals surface area contributed by atoms with E-state index in [9.17, 15) is 9.59 Å². The average Bonchev–Trinajstić information content (AvgIpc) is 2.53. The van der Waals surface area contributed by atoms with Crippen LogP contribution < -0.4 is 4.74 Å². The lowest BCUT2D eigenvalue weighted by Gasteiger charge is -2.22. The molecule has 0 N–H and O–H groups in total. The first-order valence-electron chi connectivity index (χ1n) is 7.76. The van der Waals surface area contributed by atoms with Gasteiger partial charge in [0, 0.05) is 18.7 Å². The van der Waals surface area contributed by atoms with Crippen LogP contribution in [-0.2, 0) is 25.6 Å². The Hall–Kier alpha value is -2.08. The number of hydrogen-bond donors (Lipinski definition) is 0. The molecule has 0 spiro atoms. The van der Waals surface area contributed by atoms with E-state index >= 15 is 0 Å². The van der Waals surface area contributed by atoms with Gasteiger partial charge < -0.3 is 14.2 Å². The van der Waals surface area contributed by atoms with Gasteiger partial charge in [0.2, 0.25) is 0 Å². The molecule has 0 aromatic heterocycles. The van der Waals surface area contributed by atoms with Crippen molar-refractivity contribution in [1.29, 1.82) is 0 Å². The van der Waals surface area contributed by atoms with Crippen molar-refractivity contribution in [3.63, 3.8) is 0 Å². The van der Waals surface area contributed by atoms with Gasteiger partial charge in [0.1, 0.15) is 5.75 Å². The Morgan fingerprint density at radius 2 is 1.70 bits per heavy atom. The van der Waals surface area contributed by atoms with Gasteiger partial charge in [-0.05, 0) is 19.9 Å². The third-order valence-corrected chi connectivity index (χ3v) is 3.18. The lowest BCUT2D eigenvalue weighted by atomic mass is 10.2. The molecule has 6 heteroatoms. The Bertz CT molecular complexity index is 504. The molecule has 0 fully saturated rings. The summed E-state index contributed by atoms with van der Waals surface area (Å²) in [5.41, 5.74) is 0.947. The fourth-order valence-electron chi connectivity index (χ4n) is 2.16. The number of nitrogens with zero attached hydrogens (tertiary/aromatic N) is 1. The smallest absolute Gasteiger partial charge is 0.320 e. The minimum absolute atomic E-state index is 0.116. The van der Waals surface area contributed by atoms with E-state index in [0.717, 1.165) is 11.3 Å². The van der Waals surface area contributed by atoms with Gasteiger partial charge in [0.25, 0.3) is 0 Å². The highest BCUT2D eigenvalue weighted by Gasteiger charge is 2.16. The maximum Gasteiger partial charge on any atom is 0.320 e. The number of carbonyl (C=O) groups excluding carboxylic acids is 2. The molecular weight excluding hydrogens is 298 g/mol. The lowest BCUT2D eigenvalue weighted by molar-refractivity contribution is -0.147. The molecule has 0 aliphatic rings. The summed E-state index contributed by atoms with van der Waals surface area (Å²) in [6.07, 6.45) is 0.225. The van der Waals surface area contributed by atoms with Crippen LogP contribution in [0.4, 0.5) is 0 Å². The standard InChI is InChI=1S/C17H25NO5/c1-4-22-16(19)10-11-18(13-17(20)23-5-2)12-14-8-6-7-9-15(14)21-3/h6-9H,4-5,10-13H2,1-3H3. The van der Waals surface area contributed by atoms with Gasteiger partial charge in [-0.3, -0.25) is 14.5 Å². The number of methoxy groups -OCH3 is 1. The summed E-state index contributed by atoms with van der Waals surface area (Å²) in [6.45, 7) is 5.23. The van der Waals surface area contributed by atoms with Crippen LogP contribution in [0.1, 0.15) is 25.8 Å². The van der Waals surface area contributed by atoms with Gasteiger partial charge in [0.15, 0.2) is 0 Å². The van der Waals surface area contributed by atoms with E-state index in [-0.39, 0.29) is 24.9 Å². The molecule has 1 aromatic carbocycles. The summed E-state index contributed by atoms with van der Waals surface area (Å²) in [5.74, 6) is 0.158. The fraction of sp³-hybridized carbons (Fsp3) is 0.529. The summed E-state index contributed by atoms with van der Waals surface area (Å²) >= 11 is 0. The van der Waals surface area contributed by atoms with E-state index in [1.165, 1.54) is 0 Å². The van der Waals surface area contributed by atoms with E-state index in [2.05, 4.69) is 0 Å². The molecular formula is C17H25NO5. The first kappa shape index (κ1) is 19.0.